The predicted molar refractivity (Wildman–Crippen MR) is 96.5 cm³/mol. The van der Waals surface area contributed by atoms with E-state index >= 15 is 0 Å². The van der Waals surface area contributed by atoms with Gasteiger partial charge in [-0.1, -0.05) is 24.3 Å². The van der Waals surface area contributed by atoms with Gasteiger partial charge < -0.3 is 4.57 Å². The van der Waals surface area contributed by atoms with Crippen LogP contribution in [0.15, 0.2) is 53.6 Å². The van der Waals surface area contributed by atoms with Gasteiger partial charge in [-0.2, -0.15) is 0 Å². The Morgan fingerprint density at radius 2 is 1.88 bits per heavy atom. The van der Waals surface area contributed by atoms with Crippen molar-refractivity contribution in [3.8, 4) is 0 Å². The molecule has 0 spiro atoms. The highest BCUT2D eigenvalue weighted by molar-refractivity contribution is 8.18. The Hall–Kier alpha value is -2.93. The summed E-state index contributed by atoms with van der Waals surface area (Å²) >= 11 is 0.855. The fraction of sp³-hybridized carbons (Fsp3) is 0.0526. The van der Waals surface area contributed by atoms with Crippen molar-refractivity contribution < 1.29 is 18.4 Å². The number of nitrogens with zero attached hydrogens (tertiary/aromatic N) is 1. The summed E-state index contributed by atoms with van der Waals surface area (Å²) in [5.41, 5.74) is 2.28. The van der Waals surface area contributed by atoms with Gasteiger partial charge in [-0.25, -0.2) is 8.78 Å². The third kappa shape index (κ3) is 3.01. The Bertz CT molecular complexity index is 1090. The first-order chi connectivity index (χ1) is 12.5. The third-order valence-corrected chi connectivity index (χ3v) is 4.90. The van der Waals surface area contributed by atoms with Crippen molar-refractivity contribution in [1.29, 1.82) is 0 Å². The molecule has 7 heteroatoms. The lowest BCUT2D eigenvalue weighted by molar-refractivity contribution is -0.115. The highest BCUT2D eigenvalue weighted by Gasteiger charge is 2.25. The summed E-state index contributed by atoms with van der Waals surface area (Å²) in [4.78, 5) is 23.5. The number of thioether (sulfide) groups is 1. The minimum Gasteiger partial charge on any atom is -0.342 e. The fourth-order valence-electron chi connectivity index (χ4n) is 2.92. The molecule has 0 unspecified atom stereocenters. The number of aromatic nitrogens is 1. The number of hydrogen-bond acceptors (Lipinski definition) is 3. The Labute approximate surface area is 151 Å². The Balaban J connectivity index is 1.77. The third-order valence-electron chi connectivity index (χ3n) is 4.08. The van der Waals surface area contributed by atoms with Crippen LogP contribution in [0, 0.1) is 11.6 Å². The summed E-state index contributed by atoms with van der Waals surface area (Å²) in [6, 6.07) is 11.4. The number of imide groups is 1. The molecule has 2 aromatic carbocycles. The molecule has 130 valence electrons. The van der Waals surface area contributed by atoms with Crippen molar-refractivity contribution in [3.63, 3.8) is 0 Å². The zero-order valence-corrected chi connectivity index (χ0v) is 14.1. The van der Waals surface area contributed by atoms with E-state index in [9.17, 15) is 18.4 Å². The van der Waals surface area contributed by atoms with Crippen molar-refractivity contribution in [2.75, 3.05) is 0 Å². The van der Waals surface area contributed by atoms with Crippen LogP contribution in [0.5, 0.6) is 0 Å². The van der Waals surface area contributed by atoms with E-state index in [1.165, 1.54) is 12.1 Å². The van der Waals surface area contributed by atoms with Gasteiger partial charge in [-0.15, -0.1) is 0 Å². The molecule has 26 heavy (non-hydrogen) atoms. The van der Waals surface area contributed by atoms with E-state index in [0.29, 0.717) is 17.0 Å². The van der Waals surface area contributed by atoms with Crippen molar-refractivity contribution in [3.05, 3.63) is 76.3 Å². The molecule has 2 heterocycles. The summed E-state index contributed by atoms with van der Waals surface area (Å²) in [6.45, 7) is 0.346. The summed E-state index contributed by atoms with van der Waals surface area (Å²) < 4.78 is 28.5. The summed E-state index contributed by atoms with van der Waals surface area (Å²) in [5.74, 6) is -2.19. The highest BCUT2D eigenvalue weighted by atomic mass is 32.2. The topological polar surface area (TPSA) is 51.1 Å². The number of para-hydroxylation sites is 1. The minimum atomic E-state index is -0.890. The molecule has 1 aromatic heterocycles. The predicted octanol–water partition coefficient (Wildman–Crippen LogP) is 4.29. The van der Waals surface area contributed by atoms with Gasteiger partial charge in [0, 0.05) is 29.2 Å². The molecule has 4 rings (SSSR count). The van der Waals surface area contributed by atoms with Crippen LogP contribution < -0.4 is 5.32 Å². The number of rotatable bonds is 3. The molecule has 3 aromatic rings. The maximum absolute atomic E-state index is 13.5. The average Bonchev–Trinajstić information content (AvgIpc) is 3.11. The van der Waals surface area contributed by atoms with Crippen molar-refractivity contribution in [1.82, 2.24) is 9.88 Å². The van der Waals surface area contributed by atoms with E-state index in [1.54, 1.807) is 6.08 Å². The minimum absolute atomic E-state index is 0.325. The number of benzene rings is 2. The van der Waals surface area contributed by atoms with E-state index in [0.717, 1.165) is 34.3 Å². The molecular formula is C19H12F2N2O2S. The quantitative estimate of drug-likeness (QED) is 0.700. The summed E-state index contributed by atoms with van der Waals surface area (Å²) in [5, 5.41) is 2.73. The normalized spacial score (nSPS) is 15.8. The molecule has 2 amide bonds. The Morgan fingerprint density at radius 3 is 2.62 bits per heavy atom. The monoisotopic (exact) mass is 370 g/mol. The second kappa shape index (κ2) is 6.42. The maximum atomic E-state index is 13.5. The van der Waals surface area contributed by atoms with Gasteiger partial charge in [0.1, 0.15) is 0 Å². The smallest absolute Gasteiger partial charge is 0.290 e. The number of carbonyl (C=O) groups is 2. The number of carbonyl (C=O) groups excluding carboxylic acids is 2. The number of amides is 2. The maximum Gasteiger partial charge on any atom is 0.290 e. The SMILES string of the molecule is O=C1NC(=O)/C(=C\c2cn(Cc3ccc(F)c(F)c3)c3ccccc23)S1. The number of fused-ring (bicyclic) bond motifs is 1. The van der Waals surface area contributed by atoms with Crippen molar-refractivity contribution in [2.24, 2.45) is 0 Å². The van der Waals surface area contributed by atoms with Crippen LogP contribution in [0.25, 0.3) is 17.0 Å². The largest absolute Gasteiger partial charge is 0.342 e. The first kappa shape index (κ1) is 16.5. The highest BCUT2D eigenvalue weighted by Crippen LogP contribution is 2.30. The van der Waals surface area contributed by atoms with Crippen LogP contribution in [0.1, 0.15) is 11.1 Å². The zero-order chi connectivity index (χ0) is 18.3. The van der Waals surface area contributed by atoms with Gasteiger partial charge in [0.2, 0.25) is 0 Å². The van der Waals surface area contributed by atoms with Crippen molar-refractivity contribution >= 4 is 39.9 Å². The van der Waals surface area contributed by atoms with E-state index in [1.807, 2.05) is 35.0 Å². The van der Waals surface area contributed by atoms with Crippen LogP contribution in [-0.4, -0.2) is 15.7 Å². The molecule has 0 saturated carbocycles. The number of nitrogens with one attached hydrogen (secondary N) is 1. The Morgan fingerprint density at radius 1 is 1.08 bits per heavy atom. The first-order valence-corrected chi connectivity index (χ1v) is 8.59. The summed E-state index contributed by atoms with van der Waals surface area (Å²) in [7, 11) is 0. The first-order valence-electron chi connectivity index (χ1n) is 7.78. The Kier molecular flexibility index (Phi) is 4.08. The lowest BCUT2D eigenvalue weighted by atomic mass is 10.1. The molecule has 1 fully saturated rings. The lowest BCUT2D eigenvalue weighted by Gasteiger charge is -2.06. The van der Waals surface area contributed by atoms with E-state index in [-0.39, 0.29) is 0 Å². The second-order valence-electron chi connectivity index (χ2n) is 5.83. The van der Waals surface area contributed by atoms with Crippen LogP contribution in [0.4, 0.5) is 13.6 Å². The molecular weight excluding hydrogens is 358 g/mol. The lowest BCUT2D eigenvalue weighted by Crippen LogP contribution is -2.17. The summed E-state index contributed by atoms with van der Waals surface area (Å²) in [6.07, 6.45) is 3.49. The molecule has 0 atom stereocenters. The zero-order valence-electron chi connectivity index (χ0n) is 13.3. The van der Waals surface area contributed by atoms with Crippen LogP contribution in [-0.2, 0) is 11.3 Å². The van der Waals surface area contributed by atoms with Crippen LogP contribution in [0.3, 0.4) is 0 Å². The van der Waals surface area contributed by atoms with Gasteiger partial charge in [-0.05, 0) is 41.6 Å². The van der Waals surface area contributed by atoms with E-state index in [2.05, 4.69) is 5.32 Å². The van der Waals surface area contributed by atoms with Gasteiger partial charge in [0.15, 0.2) is 11.6 Å². The molecule has 0 bridgehead atoms. The molecule has 0 aliphatic carbocycles. The van der Waals surface area contributed by atoms with Gasteiger partial charge in [0.25, 0.3) is 11.1 Å². The second-order valence-corrected chi connectivity index (χ2v) is 6.84. The molecule has 1 N–H and O–H groups in total. The fourth-order valence-corrected chi connectivity index (χ4v) is 3.59. The van der Waals surface area contributed by atoms with Gasteiger partial charge in [0.05, 0.1) is 4.91 Å². The molecule has 1 aliphatic heterocycles. The van der Waals surface area contributed by atoms with Crippen molar-refractivity contribution in [2.45, 2.75) is 6.54 Å². The van der Waals surface area contributed by atoms with E-state index < -0.39 is 22.8 Å². The van der Waals surface area contributed by atoms with Gasteiger partial charge >= 0.3 is 0 Å². The van der Waals surface area contributed by atoms with E-state index in [4.69, 9.17) is 0 Å². The molecule has 0 radical (unpaired) electrons. The number of hydrogen-bond donors (Lipinski definition) is 1. The number of halogens is 2. The van der Waals surface area contributed by atoms with Crippen LogP contribution >= 0.6 is 11.8 Å². The van der Waals surface area contributed by atoms with Crippen LogP contribution in [0.2, 0.25) is 0 Å². The standard InChI is InChI=1S/C19H12F2N2O2S/c20-14-6-5-11(7-15(14)21)9-23-10-12(13-3-1-2-4-16(13)23)8-17-18(24)22-19(25)26-17/h1-8,10H,9H2,(H,22,24,25)/b17-8+. The average molecular weight is 370 g/mol. The molecule has 4 nitrogen and oxygen atoms in total. The molecule has 1 aliphatic rings. The molecule has 1 saturated heterocycles. The van der Waals surface area contributed by atoms with Gasteiger partial charge in [-0.3, -0.25) is 14.9 Å².